The molecule has 5 atom stereocenters. The number of hydrogen-bond acceptors (Lipinski definition) is 1. The minimum Gasteiger partial charge on any atom is -1.00 e. The number of rotatable bonds is 3. The first kappa shape index (κ1) is 17.6. The van der Waals surface area contributed by atoms with Gasteiger partial charge in [0.05, 0.1) is 6.26 Å². The Hall–Kier alpha value is 0.260. The molecule has 1 nitrogen and oxygen atoms in total. The summed E-state index contributed by atoms with van der Waals surface area (Å²) >= 11 is 0. The van der Waals surface area contributed by atoms with Gasteiger partial charge in [-0.15, -0.1) is 0 Å². The maximum absolute atomic E-state index is 10.9. The van der Waals surface area contributed by atoms with Crippen LogP contribution in [-0.4, -0.2) is 22.7 Å². The van der Waals surface area contributed by atoms with Crippen LogP contribution < -0.4 is 24.0 Å². The van der Waals surface area contributed by atoms with Crippen molar-refractivity contribution in [2.24, 2.45) is 16.7 Å². The summed E-state index contributed by atoms with van der Waals surface area (Å²) in [7, 11) is 0.252. The molecule has 118 valence electrons. The quantitative estimate of drug-likeness (QED) is 0.564. The van der Waals surface area contributed by atoms with E-state index in [9.17, 15) is 5.11 Å². The lowest BCUT2D eigenvalue weighted by atomic mass is 9.70. The predicted octanol–water partition coefficient (Wildman–Crippen LogP) is 0.624. The standard InChI is InChI=1S/C18H27OS.HI/c1-17(2)14-10-11-18(17,3)16(19)15(14)20(4)12-13-8-6-5-7-9-13;/h5-9,14-16,19H,10-12H2,1-4H3;1H/q+1;/p-1/t14-,15+,16+,18+,20?;/m1./s1. The van der Waals surface area contributed by atoms with Crippen LogP contribution in [0.5, 0.6) is 0 Å². The van der Waals surface area contributed by atoms with Gasteiger partial charge in [-0.05, 0) is 29.2 Å². The molecule has 0 amide bonds. The molecular weight excluding hydrogens is 391 g/mol. The molecule has 1 aromatic rings. The zero-order chi connectivity index (χ0) is 14.5. The van der Waals surface area contributed by atoms with Crippen LogP contribution in [-0.2, 0) is 16.6 Å². The lowest BCUT2D eigenvalue weighted by Gasteiger charge is -2.36. The number of halogens is 1. The lowest BCUT2D eigenvalue weighted by Crippen LogP contribution is -3.00. The maximum atomic E-state index is 10.9. The molecule has 0 heterocycles. The minimum atomic E-state index is -0.117. The predicted molar refractivity (Wildman–Crippen MR) is 87.8 cm³/mol. The van der Waals surface area contributed by atoms with E-state index in [0.29, 0.717) is 11.2 Å². The van der Waals surface area contributed by atoms with Crippen LogP contribution in [0.25, 0.3) is 0 Å². The van der Waals surface area contributed by atoms with Gasteiger partial charge >= 0.3 is 0 Å². The van der Waals surface area contributed by atoms with Gasteiger partial charge < -0.3 is 29.1 Å². The van der Waals surface area contributed by atoms with Gasteiger partial charge in [0.15, 0.2) is 0 Å². The topological polar surface area (TPSA) is 20.2 Å². The Morgan fingerprint density at radius 3 is 2.33 bits per heavy atom. The summed E-state index contributed by atoms with van der Waals surface area (Å²) in [6, 6.07) is 10.8. The van der Waals surface area contributed by atoms with Gasteiger partial charge in [-0.2, -0.15) is 0 Å². The van der Waals surface area contributed by atoms with E-state index in [-0.39, 0.29) is 51.8 Å². The summed E-state index contributed by atoms with van der Waals surface area (Å²) in [5, 5.41) is 11.4. The van der Waals surface area contributed by atoms with Crippen molar-refractivity contribution in [1.29, 1.82) is 0 Å². The number of benzene rings is 1. The highest BCUT2D eigenvalue weighted by Gasteiger charge is 2.69. The van der Waals surface area contributed by atoms with E-state index in [0.717, 1.165) is 5.75 Å². The maximum Gasteiger partial charge on any atom is 0.147 e. The molecule has 2 saturated carbocycles. The fourth-order valence-corrected chi connectivity index (χ4v) is 7.37. The molecule has 0 aromatic heterocycles. The first-order chi connectivity index (χ1) is 9.38. The van der Waals surface area contributed by atoms with E-state index < -0.39 is 0 Å². The van der Waals surface area contributed by atoms with Gasteiger partial charge in [0.1, 0.15) is 17.1 Å². The SMILES string of the molecule is C[S+](Cc1ccccc1)[C@H]1[C@H]2CC[C@@](C)([C@H]1O)C2(C)C.[I-]. The minimum absolute atomic E-state index is 0. The number of aliphatic hydroxyl groups excluding tert-OH is 1. The molecule has 3 rings (SSSR count). The molecule has 21 heavy (non-hydrogen) atoms. The van der Waals surface area contributed by atoms with Crippen molar-refractivity contribution in [3.63, 3.8) is 0 Å². The van der Waals surface area contributed by atoms with Crippen molar-refractivity contribution in [3.8, 4) is 0 Å². The Balaban J connectivity index is 0.00000161. The van der Waals surface area contributed by atoms with E-state index in [1.54, 1.807) is 0 Å². The number of hydrogen-bond donors (Lipinski definition) is 1. The first-order valence-electron chi connectivity index (χ1n) is 7.71. The molecule has 2 fully saturated rings. The van der Waals surface area contributed by atoms with Crippen molar-refractivity contribution < 1.29 is 29.1 Å². The molecule has 0 saturated heterocycles. The van der Waals surface area contributed by atoms with Gasteiger partial charge in [0, 0.05) is 16.9 Å². The van der Waals surface area contributed by atoms with Crippen molar-refractivity contribution in [2.75, 3.05) is 6.26 Å². The summed E-state index contributed by atoms with van der Waals surface area (Å²) < 4.78 is 0. The van der Waals surface area contributed by atoms with Crippen LogP contribution in [0.3, 0.4) is 0 Å². The van der Waals surface area contributed by atoms with E-state index >= 15 is 0 Å². The van der Waals surface area contributed by atoms with Gasteiger partial charge in [-0.3, -0.25) is 0 Å². The summed E-state index contributed by atoms with van der Waals surface area (Å²) in [4.78, 5) is 0. The molecule has 1 aromatic carbocycles. The zero-order valence-corrected chi connectivity index (χ0v) is 16.4. The average Bonchev–Trinajstić information content (AvgIpc) is 2.72. The zero-order valence-electron chi connectivity index (χ0n) is 13.5. The second-order valence-electron chi connectivity index (χ2n) is 7.51. The molecule has 1 unspecified atom stereocenters. The Morgan fingerprint density at radius 1 is 1.19 bits per heavy atom. The van der Waals surface area contributed by atoms with Crippen LogP contribution in [0.15, 0.2) is 30.3 Å². The largest absolute Gasteiger partial charge is 1.00 e. The van der Waals surface area contributed by atoms with Gasteiger partial charge in [-0.25, -0.2) is 0 Å². The Kier molecular flexibility index (Phi) is 5.07. The van der Waals surface area contributed by atoms with Crippen molar-refractivity contribution >= 4 is 10.9 Å². The summed E-state index contributed by atoms with van der Waals surface area (Å²) in [6.07, 6.45) is 4.75. The molecule has 2 aliphatic carbocycles. The fraction of sp³-hybridized carbons (Fsp3) is 0.667. The molecule has 0 radical (unpaired) electrons. The van der Waals surface area contributed by atoms with Crippen LogP contribution in [0.1, 0.15) is 39.2 Å². The molecule has 2 aliphatic rings. The highest BCUT2D eigenvalue weighted by molar-refractivity contribution is 7.96. The van der Waals surface area contributed by atoms with Crippen molar-refractivity contribution in [2.45, 2.75) is 50.7 Å². The van der Waals surface area contributed by atoms with Gasteiger partial charge in [0.2, 0.25) is 0 Å². The van der Waals surface area contributed by atoms with Crippen LogP contribution in [0.2, 0.25) is 0 Å². The third kappa shape index (κ3) is 2.57. The van der Waals surface area contributed by atoms with E-state index in [1.807, 2.05) is 0 Å². The molecule has 0 aliphatic heterocycles. The second kappa shape index (κ2) is 6.04. The third-order valence-corrected chi connectivity index (χ3v) is 8.74. The Bertz CT molecular complexity index is 489. The number of aliphatic hydroxyl groups is 1. The first-order valence-corrected chi connectivity index (χ1v) is 9.58. The highest BCUT2D eigenvalue weighted by atomic mass is 127. The van der Waals surface area contributed by atoms with Gasteiger partial charge in [0.25, 0.3) is 0 Å². The van der Waals surface area contributed by atoms with Crippen molar-refractivity contribution in [1.82, 2.24) is 0 Å². The smallest absolute Gasteiger partial charge is 0.147 e. The molecule has 0 spiro atoms. The van der Waals surface area contributed by atoms with Gasteiger partial charge in [-0.1, -0.05) is 51.1 Å². The Morgan fingerprint density at radius 2 is 1.81 bits per heavy atom. The lowest BCUT2D eigenvalue weighted by molar-refractivity contribution is -0.0000142. The fourth-order valence-electron chi connectivity index (χ4n) is 4.68. The normalized spacial score (nSPS) is 38.0. The summed E-state index contributed by atoms with van der Waals surface area (Å²) in [5.41, 5.74) is 1.83. The third-order valence-electron chi connectivity index (χ3n) is 6.44. The van der Waals surface area contributed by atoms with Crippen LogP contribution in [0.4, 0.5) is 0 Å². The summed E-state index contributed by atoms with van der Waals surface area (Å²) in [5.74, 6) is 1.81. The Labute approximate surface area is 149 Å². The van der Waals surface area contributed by atoms with E-state index in [4.69, 9.17) is 0 Å². The van der Waals surface area contributed by atoms with Crippen molar-refractivity contribution in [3.05, 3.63) is 35.9 Å². The highest BCUT2D eigenvalue weighted by Crippen LogP contribution is 2.66. The van der Waals surface area contributed by atoms with E-state index in [1.165, 1.54) is 18.4 Å². The van der Waals surface area contributed by atoms with E-state index in [2.05, 4.69) is 57.4 Å². The molecule has 2 bridgehead atoms. The monoisotopic (exact) mass is 418 g/mol. The molecular formula is C18H27IOS. The van der Waals surface area contributed by atoms with Crippen LogP contribution >= 0.6 is 0 Å². The average molecular weight is 418 g/mol. The second-order valence-corrected chi connectivity index (χ2v) is 9.73. The summed E-state index contributed by atoms with van der Waals surface area (Å²) in [6.45, 7) is 7.08. The molecule has 3 heteroatoms. The van der Waals surface area contributed by atoms with Crippen LogP contribution in [0, 0.1) is 16.7 Å². The molecule has 1 N–H and O–H groups in total. The number of fused-ring (bicyclic) bond motifs is 2.